The second-order valence-electron chi connectivity index (χ2n) is 6.94. The van der Waals surface area contributed by atoms with Crippen molar-refractivity contribution in [1.82, 2.24) is 20.2 Å². The minimum Gasteiger partial charge on any atom is -0.325 e. The number of amides is 1. The molecule has 0 spiro atoms. The first-order valence-corrected chi connectivity index (χ1v) is 10.5. The highest BCUT2D eigenvalue weighted by atomic mass is 32.2. The zero-order valence-corrected chi connectivity index (χ0v) is 17.6. The zero-order chi connectivity index (χ0) is 20.9. The third kappa shape index (κ3) is 4.58. The van der Waals surface area contributed by atoms with Crippen molar-refractivity contribution in [3.63, 3.8) is 0 Å². The Balaban J connectivity index is 1.38. The Hall–Kier alpha value is -3.45. The molecule has 0 unspecified atom stereocenters. The lowest BCUT2D eigenvalue weighted by molar-refractivity contribution is -0.113. The van der Waals surface area contributed by atoms with Crippen LogP contribution >= 0.6 is 11.8 Å². The van der Waals surface area contributed by atoms with E-state index < -0.39 is 0 Å². The lowest BCUT2D eigenvalue weighted by Gasteiger charge is -2.09. The van der Waals surface area contributed by atoms with E-state index in [2.05, 4.69) is 39.0 Å². The molecule has 1 amide bonds. The lowest BCUT2D eigenvalue weighted by Crippen LogP contribution is -2.14. The number of tetrazole rings is 1. The molecule has 1 aromatic heterocycles. The summed E-state index contributed by atoms with van der Waals surface area (Å²) in [6.07, 6.45) is 0. The molecule has 4 rings (SSSR count). The molecule has 0 bridgehead atoms. The number of hydrogen-bond acceptors (Lipinski definition) is 5. The molecule has 0 radical (unpaired) electrons. The van der Waals surface area contributed by atoms with E-state index in [1.165, 1.54) is 17.3 Å². The Bertz CT molecular complexity index is 1160. The number of nitrogens with zero attached hydrogens (tertiary/aromatic N) is 4. The number of hydrogen-bond donors (Lipinski definition) is 1. The van der Waals surface area contributed by atoms with E-state index in [0.717, 1.165) is 28.1 Å². The number of aromatic nitrogens is 4. The van der Waals surface area contributed by atoms with Gasteiger partial charge in [0.15, 0.2) is 0 Å². The fourth-order valence-electron chi connectivity index (χ4n) is 3.17. The Kier molecular flexibility index (Phi) is 5.90. The number of carbonyl (C=O) groups is 1. The standard InChI is InChI=1S/C23H21N5OS/c1-16-8-13-21(17(2)14-16)28-23(25-26-27-28)30-15-22(29)24-20-11-9-19(10-12-20)18-6-4-3-5-7-18/h3-14H,15H2,1-2H3,(H,24,29). The topological polar surface area (TPSA) is 72.7 Å². The van der Waals surface area contributed by atoms with E-state index in [4.69, 9.17) is 0 Å². The first-order chi connectivity index (χ1) is 14.6. The van der Waals surface area contributed by atoms with Crippen molar-refractivity contribution in [2.45, 2.75) is 19.0 Å². The normalized spacial score (nSPS) is 10.7. The Labute approximate surface area is 179 Å². The molecular formula is C23H21N5OS. The monoisotopic (exact) mass is 415 g/mol. The number of rotatable bonds is 6. The first kappa shape index (κ1) is 19.8. The van der Waals surface area contributed by atoms with E-state index in [0.29, 0.717) is 5.16 Å². The molecule has 0 aliphatic rings. The Morgan fingerprint density at radius 2 is 1.70 bits per heavy atom. The third-order valence-electron chi connectivity index (χ3n) is 4.63. The second-order valence-corrected chi connectivity index (χ2v) is 7.89. The van der Waals surface area contributed by atoms with Crippen LogP contribution in [0.4, 0.5) is 5.69 Å². The molecule has 6 nitrogen and oxygen atoms in total. The first-order valence-electron chi connectivity index (χ1n) is 9.54. The van der Waals surface area contributed by atoms with Gasteiger partial charge in [-0.05, 0) is 59.2 Å². The molecule has 0 aliphatic heterocycles. The minimum atomic E-state index is -0.109. The van der Waals surface area contributed by atoms with E-state index in [9.17, 15) is 4.79 Å². The fourth-order valence-corrected chi connectivity index (χ4v) is 3.85. The smallest absolute Gasteiger partial charge is 0.234 e. The van der Waals surface area contributed by atoms with Crippen molar-refractivity contribution in [3.8, 4) is 16.8 Å². The molecule has 30 heavy (non-hydrogen) atoms. The van der Waals surface area contributed by atoms with Crippen LogP contribution in [0.25, 0.3) is 16.8 Å². The summed E-state index contributed by atoms with van der Waals surface area (Å²) in [6, 6.07) is 24.0. The molecule has 7 heteroatoms. The molecule has 0 atom stereocenters. The van der Waals surface area contributed by atoms with Crippen LogP contribution in [0.2, 0.25) is 0 Å². The van der Waals surface area contributed by atoms with Crippen molar-refractivity contribution in [3.05, 3.63) is 83.9 Å². The second kappa shape index (κ2) is 8.92. The van der Waals surface area contributed by atoms with Gasteiger partial charge in [-0.2, -0.15) is 4.68 Å². The summed E-state index contributed by atoms with van der Waals surface area (Å²) < 4.78 is 1.67. The molecule has 0 aliphatic carbocycles. The van der Waals surface area contributed by atoms with Gasteiger partial charge in [0.05, 0.1) is 11.4 Å². The quantitative estimate of drug-likeness (QED) is 0.463. The van der Waals surface area contributed by atoms with Crippen molar-refractivity contribution >= 4 is 23.4 Å². The number of benzene rings is 3. The van der Waals surface area contributed by atoms with Crippen LogP contribution < -0.4 is 5.32 Å². The highest BCUT2D eigenvalue weighted by Crippen LogP contribution is 2.23. The van der Waals surface area contributed by atoms with Gasteiger partial charge in [0.25, 0.3) is 0 Å². The molecule has 150 valence electrons. The Morgan fingerprint density at radius 3 is 2.43 bits per heavy atom. The average molecular weight is 416 g/mol. The predicted octanol–water partition coefficient (Wildman–Crippen LogP) is 4.68. The third-order valence-corrected chi connectivity index (χ3v) is 5.55. The lowest BCUT2D eigenvalue weighted by atomic mass is 10.1. The molecule has 0 saturated carbocycles. The SMILES string of the molecule is Cc1ccc(-n2nnnc2SCC(=O)Nc2ccc(-c3ccccc3)cc2)c(C)c1. The van der Waals surface area contributed by atoms with Crippen LogP contribution in [0.5, 0.6) is 0 Å². The van der Waals surface area contributed by atoms with Gasteiger partial charge in [-0.15, -0.1) is 5.10 Å². The van der Waals surface area contributed by atoms with Crippen LogP contribution in [0.15, 0.2) is 78.0 Å². The maximum Gasteiger partial charge on any atom is 0.234 e. The minimum absolute atomic E-state index is 0.109. The van der Waals surface area contributed by atoms with Gasteiger partial charge in [0, 0.05) is 5.69 Å². The summed E-state index contributed by atoms with van der Waals surface area (Å²) in [7, 11) is 0. The van der Waals surface area contributed by atoms with E-state index >= 15 is 0 Å². The largest absolute Gasteiger partial charge is 0.325 e. The summed E-state index contributed by atoms with van der Waals surface area (Å²) >= 11 is 1.30. The fraction of sp³-hybridized carbons (Fsp3) is 0.130. The Morgan fingerprint density at radius 1 is 0.967 bits per heavy atom. The molecule has 3 aromatic carbocycles. The van der Waals surface area contributed by atoms with Crippen LogP contribution in [-0.2, 0) is 4.79 Å². The zero-order valence-electron chi connectivity index (χ0n) is 16.7. The van der Waals surface area contributed by atoms with Gasteiger partial charge in [-0.25, -0.2) is 0 Å². The maximum atomic E-state index is 12.4. The van der Waals surface area contributed by atoms with Crippen LogP contribution in [0.1, 0.15) is 11.1 Å². The van der Waals surface area contributed by atoms with Crippen LogP contribution in [0, 0.1) is 13.8 Å². The summed E-state index contributed by atoms with van der Waals surface area (Å²) in [5, 5.41) is 15.4. The van der Waals surface area contributed by atoms with Crippen LogP contribution in [-0.4, -0.2) is 31.9 Å². The molecule has 1 N–H and O–H groups in total. The highest BCUT2D eigenvalue weighted by molar-refractivity contribution is 7.99. The highest BCUT2D eigenvalue weighted by Gasteiger charge is 2.13. The number of anilines is 1. The van der Waals surface area contributed by atoms with Gasteiger partial charge in [-0.3, -0.25) is 4.79 Å². The molecular weight excluding hydrogens is 394 g/mol. The number of thioether (sulfide) groups is 1. The van der Waals surface area contributed by atoms with Crippen molar-refractivity contribution in [1.29, 1.82) is 0 Å². The van der Waals surface area contributed by atoms with Crippen molar-refractivity contribution in [2.24, 2.45) is 0 Å². The number of aryl methyl sites for hydroxylation is 2. The molecule has 0 saturated heterocycles. The van der Waals surface area contributed by atoms with E-state index in [1.54, 1.807) is 4.68 Å². The van der Waals surface area contributed by atoms with E-state index in [1.807, 2.05) is 68.4 Å². The predicted molar refractivity (Wildman–Crippen MR) is 120 cm³/mol. The van der Waals surface area contributed by atoms with Crippen molar-refractivity contribution < 1.29 is 4.79 Å². The number of nitrogens with one attached hydrogen (secondary N) is 1. The maximum absolute atomic E-state index is 12.4. The van der Waals surface area contributed by atoms with Gasteiger partial charge in [-0.1, -0.05) is 71.9 Å². The average Bonchev–Trinajstić information content (AvgIpc) is 3.22. The summed E-state index contributed by atoms with van der Waals surface area (Å²) in [4.78, 5) is 12.4. The summed E-state index contributed by atoms with van der Waals surface area (Å²) in [6.45, 7) is 4.06. The molecule has 4 aromatic rings. The van der Waals surface area contributed by atoms with Gasteiger partial charge in [0.1, 0.15) is 0 Å². The summed E-state index contributed by atoms with van der Waals surface area (Å²) in [5.41, 5.74) is 6.17. The van der Waals surface area contributed by atoms with E-state index in [-0.39, 0.29) is 11.7 Å². The molecule has 1 heterocycles. The van der Waals surface area contributed by atoms with Crippen molar-refractivity contribution in [2.75, 3.05) is 11.1 Å². The van der Waals surface area contributed by atoms with Gasteiger partial charge >= 0.3 is 0 Å². The number of carbonyl (C=O) groups excluding carboxylic acids is 1. The van der Waals surface area contributed by atoms with Crippen LogP contribution in [0.3, 0.4) is 0 Å². The summed E-state index contributed by atoms with van der Waals surface area (Å²) in [5.74, 6) is 0.105. The van der Waals surface area contributed by atoms with Gasteiger partial charge in [0.2, 0.25) is 11.1 Å². The van der Waals surface area contributed by atoms with Gasteiger partial charge < -0.3 is 5.32 Å². The molecule has 0 fully saturated rings.